The van der Waals surface area contributed by atoms with Crippen LogP contribution in [0.3, 0.4) is 0 Å². The molecule has 2 rings (SSSR count). The van der Waals surface area contributed by atoms with Gasteiger partial charge in [0.2, 0.25) is 0 Å². The van der Waals surface area contributed by atoms with Crippen molar-refractivity contribution in [3.63, 3.8) is 0 Å². The molecule has 0 saturated carbocycles. The molecule has 0 radical (unpaired) electrons. The monoisotopic (exact) mass is 394 g/mol. The second-order valence-electron chi connectivity index (χ2n) is 7.60. The van der Waals surface area contributed by atoms with Gasteiger partial charge in [0.25, 0.3) is 0 Å². The summed E-state index contributed by atoms with van der Waals surface area (Å²) in [4.78, 5) is 7.22. The first kappa shape index (κ1) is 22.6. The molecule has 1 aromatic carbocycles. The highest BCUT2D eigenvalue weighted by molar-refractivity contribution is 5.79. The number of morpholine rings is 1. The molecule has 0 amide bonds. The van der Waals surface area contributed by atoms with E-state index < -0.39 is 6.10 Å². The van der Waals surface area contributed by atoms with Crippen LogP contribution in [-0.2, 0) is 4.74 Å². The van der Waals surface area contributed by atoms with Gasteiger partial charge in [0.15, 0.2) is 5.96 Å². The highest BCUT2D eigenvalue weighted by atomic mass is 19.1. The predicted octanol–water partition coefficient (Wildman–Crippen LogP) is 2.16. The lowest BCUT2D eigenvalue weighted by Gasteiger charge is -2.34. The van der Waals surface area contributed by atoms with Crippen LogP contribution in [0.1, 0.15) is 38.9 Å². The average molecular weight is 395 g/mol. The lowest BCUT2D eigenvalue weighted by Crippen LogP contribution is -2.46. The minimum absolute atomic E-state index is 0.307. The number of hydrogen-bond acceptors (Lipinski definition) is 4. The number of nitrogens with zero attached hydrogens (tertiary/aromatic N) is 2. The molecule has 1 aromatic rings. The van der Waals surface area contributed by atoms with Crippen molar-refractivity contribution in [2.24, 2.45) is 10.9 Å². The first-order chi connectivity index (χ1) is 13.5. The van der Waals surface area contributed by atoms with E-state index in [1.807, 2.05) is 6.92 Å². The van der Waals surface area contributed by atoms with Gasteiger partial charge in [0, 0.05) is 32.2 Å². The molecule has 1 saturated heterocycles. The molecule has 1 aliphatic heterocycles. The number of ether oxygens (including phenoxy) is 1. The van der Waals surface area contributed by atoms with E-state index in [-0.39, 0.29) is 5.82 Å². The number of nitrogens with one attached hydrogen (secondary N) is 2. The van der Waals surface area contributed by atoms with Crippen LogP contribution in [0.5, 0.6) is 0 Å². The van der Waals surface area contributed by atoms with E-state index in [1.165, 1.54) is 12.1 Å². The van der Waals surface area contributed by atoms with Crippen LogP contribution in [0.25, 0.3) is 0 Å². The van der Waals surface area contributed by atoms with Gasteiger partial charge in [-0.25, -0.2) is 4.39 Å². The number of aliphatic hydroxyl groups excluding tert-OH is 1. The van der Waals surface area contributed by atoms with Crippen LogP contribution in [-0.4, -0.2) is 67.9 Å². The average Bonchev–Trinajstić information content (AvgIpc) is 2.69. The van der Waals surface area contributed by atoms with E-state index in [0.717, 1.165) is 39.3 Å². The molecule has 0 spiro atoms. The summed E-state index contributed by atoms with van der Waals surface area (Å²) < 4.78 is 18.5. The zero-order chi connectivity index (χ0) is 20.4. The van der Waals surface area contributed by atoms with E-state index in [1.54, 1.807) is 12.1 Å². The van der Waals surface area contributed by atoms with Crippen molar-refractivity contribution in [3.05, 3.63) is 35.6 Å². The zero-order valence-corrected chi connectivity index (χ0v) is 17.3. The Labute approximate surface area is 168 Å². The molecule has 0 bridgehead atoms. The molecule has 158 valence electrons. The summed E-state index contributed by atoms with van der Waals surface area (Å²) in [6.07, 6.45) is 0.358. The molecule has 2 unspecified atom stereocenters. The maximum absolute atomic E-state index is 13.0. The Balaban J connectivity index is 1.95. The molecule has 0 aromatic heterocycles. The van der Waals surface area contributed by atoms with E-state index in [0.29, 0.717) is 36.6 Å². The van der Waals surface area contributed by atoms with E-state index in [2.05, 4.69) is 29.4 Å². The summed E-state index contributed by atoms with van der Waals surface area (Å²) in [6, 6.07) is 6.29. The highest BCUT2D eigenvalue weighted by Crippen LogP contribution is 2.14. The van der Waals surface area contributed by atoms with Crippen LogP contribution < -0.4 is 10.6 Å². The molecular weight excluding hydrogens is 359 g/mol. The predicted molar refractivity (Wildman–Crippen MR) is 111 cm³/mol. The maximum Gasteiger partial charge on any atom is 0.191 e. The Morgan fingerprint density at radius 1 is 1.21 bits per heavy atom. The van der Waals surface area contributed by atoms with Gasteiger partial charge in [0.1, 0.15) is 5.82 Å². The van der Waals surface area contributed by atoms with Gasteiger partial charge >= 0.3 is 0 Å². The van der Waals surface area contributed by atoms with Gasteiger partial charge in [-0.2, -0.15) is 0 Å². The fraction of sp³-hybridized carbons (Fsp3) is 0.667. The molecule has 0 aliphatic carbocycles. The number of aliphatic hydroxyl groups is 1. The number of halogens is 1. The summed E-state index contributed by atoms with van der Waals surface area (Å²) in [5.41, 5.74) is 0.677. The van der Waals surface area contributed by atoms with Gasteiger partial charge < -0.3 is 20.5 Å². The van der Waals surface area contributed by atoms with Crippen molar-refractivity contribution in [2.75, 3.05) is 45.9 Å². The molecule has 7 heteroatoms. The smallest absolute Gasteiger partial charge is 0.191 e. The van der Waals surface area contributed by atoms with Gasteiger partial charge in [-0.3, -0.25) is 9.89 Å². The number of aliphatic imine (C=N–C) groups is 1. The van der Waals surface area contributed by atoms with Crippen LogP contribution >= 0.6 is 0 Å². The van der Waals surface area contributed by atoms with E-state index in [9.17, 15) is 9.50 Å². The van der Waals surface area contributed by atoms with Crippen LogP contribution in [0, 0.1) is 11.7 Å². The molecule has 6 nitrogen and oxygen atoms in total. The third-order valence-corrected chi connectivity index (χ3v) is 4.83. The quantitative estimate of drug-likeness (QED) is 0.442. The normalized spacial score (nSPS) is 18.1. The lowest BCUT2D eigenvalue weighted by atomic mass is 10.0. The Morgan fingerprint density at radius 3 is 2.50 bits per heavy atom. The number of rotatable bonds is 9. The molecule has 1 heterocycles. The van der Waals surface area contributed by atoms with Crippen molar-refractivity contribution >= 4 is 5.96 Å². The first-order valence-electron chi connectivity index (χ1n) is 10.3. The summed E-state index contributed by atoms with van der Waals surface area (Å²) in [7, 11) is 0. The Morgan fingerprint density at radius 2 is 1.89 bits per heavy atom. The largest absolute Gasteiger partial charge is 0.387 e. The fourth-order valence-electron chi connectivity index (χ4n) is 3.36. The SMILES string of the molecule is CCNC(=NCC(CC(C)C)N1CCOCC1)NCC(O)c1ccc(F)cc1. The van der Waals surface area contributed by atoms with Gasteiger partial charge in [0.05, 0.1) is 25.9 Å². The summed E-state index contributed by atoms with van der Waals surface area (Å²) in [5, 5.41) is 16.8. The number of hydrogen-bond donors (Lipinski definition) is 3. The van der Waals surface area contributed by atoms with Crippen LogP contribution in [0.15, 0.2) is 29.3 Å². The lowest BCUT2D eigenvalue weighted by molar-refractivity contribution is 0.0143. The molecule has 28 heavy (non-hydrogen) atoms. The van der Waals surface area contributed by atoms with Gasteiger partial charge in [-0.1, -0.05) is 26.0 Å². The Kier molecular flexibility index (Phi) is 9.67. The number of guanidine groups is 1. The van der Waals surface area contributed by atoms with E-state index >= 15 is 0 Å². The second kappa shape index (κ2) is 12.0. The third kappa shape index (κ3) is 7.73. The molecular formula is C21H35FN4O2. The topological polar surface area (TPSA) is 69.1 Å². The van der Waals surface area contributed by atoms with Crippen molar-refractivity contribution in [2.45, 2.75) is 39.3 Å². The summed E-state index contributed by atoms with van der Waals surface area (Å²) in [5.74, 6) is 0.975. The third-order valence-electron chi connectivity index (χ3n) is 4.83. The molecule has 1 aliphatic rings. The van der Waals surface area contributed by atoms with Crippen molar-refractivity contribution in [1.29, 1.82) is 0 Å². The summed E-state index contributed by atoms with van der Waals surface area (Å²) in [6.45, 7) is 11.7. The fourth-order valence-corrected chi connectivity index (χ4v) is 3.36. The minimum atomic E-state index is -0.727. The Hall–Kier alpha value is -1.70. The van der Waals surface area contributed by atoms with Gasteiger partial charge in [-0.15, -0.1) is 0 Å². The standard InChI is InChI=1S/C21H35FN4O2/c1-4-23-21(25-15-20(27)17-5-7-18(22)8-6-17)24-14-19(13-16(2)3)26-9-11-28-12-10-26/h5-8,16,19-20,27H,4,9-15H2,1-3H3,(H2,23,24,25). The second-order valence-corrected chi connectivity index (χ2v) is 7.60. The van der Waals surface area contributed by atoms with Gasteiger partial charge in [-0.05, 0) is 37.0 Å². The highest BCUT2D eigenvalue weighted by Gasteiger charge is 2.22. The van der Waals surface area contributed by atoms with E-state index in [4.69, 9.17) is 9.73 Å². The van der Waals surface area contributed by atoms with Crippen LogP contribution in [0.4, 0.5) is 4.39 Å². The summed E-state index contributed by atoms with van der Waals surface area (Å²) >= 11 is 0. The maximum atomic E-state index is 13.0. The van der Waals surface area contributed by atoms with Crippen molar-refractivity contribution < 1.29 is 14.2 Å². The minimum Gasteiger partial charge on any atom is -0.387 e. The van der Waals surface area contributed by atoms with Crippen LogP contribution in [0.2, 0.25) is 0 Å². The van der Waals surface area contributed by atoms with Crippen molar-refractivity contribution in [1.82, 2.24) is 15.5 Å². The first-order valence-corrected chi connectivity index (χ1v) is 10.3. The van der Waals surface area contributed by atoms with Crippen molar-refractivity contribution in [3.8, 4) is 0 Å². The molecule has 3 N–H and O–H groups in total. The molecule has 2 atom stereocenters. The number of benzene rings is 1. The zero-order valence-electron chi connectivity index (χ0n) is 17.3. The Bertz CT molecular complexity index is 589. The molecule has 1 fully saturated rings.